The zero-order valence-corrected chi connectivity index (χ0v) is 13.6. The number of methoxy groups -OCH3 is 2. The van der Waals surface area contributed by atoms with E-state index in [0.717, 1.165) is 18.4 Å². The first-order valence-corrected chi connectivity index (χ1v) is 7.30. The molecule has 0 spiro atoms. The van der Waals surface area contributed by atoms with Gasteiger partial charge in [-0.15, -0.1) is 0 Å². The maximum atomic E-state index is 6.22. The largest absolute Gasteiger partial charge is 0.497 e. The van der Waals surface area contributed by atoms with Gasteiger partial charge in [0.1, 0.15) is 21.8 Å². The molecule has 0 bridgehead atoms. The molecule has 0 aliphatic rings. The van der Waals surface area contributed by atoms with Crippen LogP contribution >= 0.6 is 23.2 Å². The third-order valence-corrected chi connectivity index (χ3v) is 3.68. The highest BCUT2D eigenvalue weighted by Gasteiger charge is 2.16. The fourth-order valence-electron chi connectivity index (χ4n) is 2.00. The Labute approximate surface area is 134 Å². The zero-order chi connectivity index (χ0) is 15.4. The molecule has 2 rings (SSSR count). The predicted molar refractivity (Wildman–Crippen MR) is 84.6 cm³/mol. The van der Waals surface area contributed by atoms with Crippen molar-refractivity contribution in [3.8, 4) is 22.9 Å². The molecule has 0 aliphatic heterocycles. The van der Waals surface area contributed by atoms with Gasteiger partial charge in [0.15, 0.2) is 5.82 Å². The van der Waals surface area contributed by atoms with Crippen molar-refractivity contribution >= 4 is 23.2 Å². The lowest BCUT2D eigenvalue weighted by Gasteiger charge is -2.11. The molecule has 1 aromatic carbocycles. The van der Waals surface area contributed by atoms with Gasteiger partial charge in [0.2, 0.25) is 0 Å². The summed E-state index contributed by atoms with van der Waals surface area (Å²) in [5.74, 6) is 1.73. The molecular weight excluding hydrogens is 311 g/mol. The maximum Gasteiger partial charge on any atom is 0.166 e. The lowest BCUT2D eigenvalue weighted by molar-refractivity contribution is 0.404. The summed E-state index contributed by atoms with van der Waals surface area (Å²) in [6, 6.07) is 5.39. The Morgan fingerprint density at radius 1 is 1.05 bits per heavy atom. The highest BCUT2D eigenvalue weighted by atomic mass is 35.5. The summed E-state index contributed by atoms with van der Waals surface area (Å²) in [4.78, 5) is 8.68. The fourth-order valence-corrected chi connectivity index (χ4v) is 2.57. The highest BCUT2D eigenvalue weighted by Crippen LogP contribution is 2.34. The molecule has 1 heterocycles. The summed E-state index contributed by atoms with van der Waals surface area (Å²) in [5.41, 5.74) is 1.45. The number of ether oxygens (including phenoxy) is 2. The van der Waals surface area contributed by atoms with Crippen LogP contribution in [0.2, 0.25) is 10.3 Å². The fraction of sp³-hybridized carbons (Fsp3) is 0.333. The van der Waals surface area contributed by atoms with Gasteiger partial charge in [-0.25, -0.2) is 9.97 Å². The molecular formula is C15H16Cl2N2O2. The molecule has 0 unspecified atom stereocenters. The van der Waals surface area contributed by atoms with Crippen LogP contribution in [0.1, 0.15) is 18.9 Å². The van der Waals surface area contributed by atoms with Gasteiger partial charge in [0.25, 0.3) is 0 Å². The number of nitrogens with zero attached hydrogens (tertiary/aromatic N) is 2. The van der Waals surface area contributed by atoms with Crippen LogP contribution in [0.15, 0.2) is 18.2 Å². The van der Waals surface area contributed by atoms with E-state index in [4.69, 9.17) is 32.7 Å². The number of aromatic nitrogens is 2. The van der Waals surface area contributed by atoms with Crippen molar-refractivity contribution in [2.24, 2.45) is 0 Å². The molecule has 0 radical (unpaired) electrons. The second-order valence-corrected chi connectivity index (χ2v) is 5.14. The maximum absolute atomic E-state index is 6.22. The van der Waals surface area contributed by atoms with Crippen molar-refractivity contribution in [2.75, 3.05) is 14.2 Å². The van der Waals surface area contributed by atoms with Crippen molar-refractivity contribution in [1.82, 2.24) is 9.97 Å². The Morgan fingerprint density at radius 3 is 2.24 bits per heavy atom. The lowest BCUT2D eigenvalue weighted by atomic mass is 10.1. The molecule has 0 atom stereocenters. The van der Waals surface area contributed by atoms with E-state index in [0.29, 0.717) is 33.2 Å². The van der Waals surface area contributed by atoms with E-state index < -0.39 is 0 Å². The summed E-state index contributed by atoms with van der Waals surface area (Å²) in [7, 11) is 3.18. The van der Waals surface area contributed by atoms with E-state index in [2.05, 4.69) is 9.97 Å². The SMILES string of the molecule is CCCc1c(Cl)nc(-c2cc(OC)ccc2OC)nc1Cl. The Hall–Kier alpha value is -1.52. The van der Waals surface area contributed by atoms with Gasteiger partial charge in [0.05, 0.1) is 19.8 Å². The standard InChI is InChI=1S/C15H16Cl2N2O2/c1-4-5-10-13(16)18-15(19-14(10)17)11-8-9(20-2)6-7-12(11)21-3/h6-8H,4-5H2,1-3H3. The molecule has 0 amide bonds. The van der Waals surface area contributed by atoms with Gasteiger partial charge < -0.3 is 9.47 Å². The molecule has 0 saturated heterocycles. The van der Waals surface area contributed by atoms with Crippen molar-refractivity contribution in [2.45, 2.75) is 19.8 Å². The summed E-state index contributed by atoms with van der Waals surface area (Å²) >= 11 is 12.4. The molecule has 112 valence electrons. The Kier molecular flexibility index (Phi) is 5.26. The van der Waals surface area contributed by atoms with Crippen LogP contribution in [0.3, 0.4) is 0 Å². The normalized spacial score (nSPS) is 10.5. The summed E-state index contributed by atoms with van der Waals surface area (Å²) < 4.78 is 10.6. The van der Waals surface area contributed by atoms with Gasteiger partial charge in [-0.1, -0.05) is 36.5 Å². The molecule has 2 aromatic rings. The summed E-state index contributed by atoms with van der Waals surface area (Å²) in [5, 5.41) is 0.744. The van der Waals surface area contributed by atoms with E-state index in [1.807, 2.05) is 6.92 Å². The average molecular weight is 327 g/mol. The van der Waals surface area contributed by atoms with E-state index in [9.17, 15) is 0 Å². The molecule has 21 heavy (non-hydrogen) atoms. The third kappa shape index (κ3) is 3.39. The molecule has 4 nitrogen and oxygen atoms in total. The molecule has 0 fully saturated rings. The van der Waals surface area contributed by atoms with Crippen molar-refractivity contribution in [3.05, 3.63) is 34.1 Å². The monoisotopic (exact) mass is 326 g/mol. The van der Waals surface area contributed by atoms with Crippen LogP contribution in [-0.2, 0) is 6.42 Å². The minimum atomic E-state index is 0.372. The van der Waals surface area contributed by atoms with E-state index in [1.165, 1.54) is 0 Å². The first kappa shape index (κ1) is 15.9. The average Bonchev–Trinajstić information content (AvgIpc) is 2.50. The van der Waals surface area contributed by atoms with Crippen LogP contribution in [0.5, 0.6) is 11.5 Å². The van der Waals surface area contributed by atoms with Crippen LogP contribution < -0.4 is 9.47 Å². The summed E-state index contributed by atoms with van der Waals surface area (Å²) in [6.45, 7) is 2.05. The highest BCUT2D eigenvalue weighted by molar-refractivity contribution is 6.34. The number of hydrogen-bond acceptors (Lipinski definition) is 4. The number of benzene rings is 1. The Bertz CT molecular complexity index is 625. The van der Waals surface area contributed by atoms with Gasteiger partial charge in [0, 0.05) is 5.56 Å². The Morgan fingerprint density at radius 2 is 1.71 bits per heavy atom. The lowest BCUT2D eigenvalue weighted by Crippen LogP contribution is -1.99. The molecule has 1 aromatic heterocycles. The van der Waals surface area contributed by atoms with Crippen molar-refractivity contribution in [3.63, 3.8) is 0 Å². The first-order chi connectivity index (χ1) is 10.1. The third-order valence-electron chi connectivity index (χ3n) is 3.05. The van der Waals surface area contributed by atoms with Crippen molar-refractivity contribution < 1.29 is 9.47 Å². The van der Waals surface area contributed by atoms with Gasteiger partial charge in [-0.05, 0) is 24.6 Å². The topological polar surface area (TPSA) is 44.2 Å². The molecule has 0 N–H and O–H groups in total. The first-order valence-electron chi connectivity index (χ1n) is 6.55. The second kappa shape index (κ2) is 6.96. The Balaban J connectivity index is 2.56. The minimum absolute atomic E-state index is 0.372. The summed E-state index contributed by atoms with van der Waals surface area (Å²) in [6.07, 6.45) is 1.66. The van der Waals surface area contributed by atoms with E-state index >= 15 is 0 Å². The molecule has 6 heteroatoms. The smallest absolute Gasteiger partial charge is 0.166 e. The van der Waals surface area contributed by atoms with Gasteiger partial charge >= 0.3 is 0 Å². The van der Waals surface area contributed by atoms with Crippen molar-refractivity contribution in [1.29, 1.82) is 0 Å². The van der Waals surface area contributed by atoms with Gasteiger partial charge in [-0.3, -0.25) is 0 Å². The predicted octanol–water partition coefficient (Wildman–Crippen LogP) is 4.42. The zero-order valence-electron chi connectivity index (χ0n) is 12.1. The van der Waals surface area contributed by atoms with Crippen LogP contribution in [0.25, 0.3) is 11.4 Å². The van der Waals surface area contributed by atoms with Crippen LogP contribution in [0.4, 0.5) is 0 Å². The number of hydrogen-bond donors (Lipinski definition) is 0. The van der Waals surface area contributed by atoms with Gasteiger partial charge in [-0.2, -0.15) is 0 Å². The number of rotatable bonds is 5. The molecule has 0 aliphatic carbocycles. The molecule has 0 saturated carbocycles. The van der Waals surface area contributed by atoms with Crippen LogP contribution in [0, 0.1) is 0 Å². The van der Waals surface area contributed by atoms with E-state index in [-0.39, 0.29) is 0 Å². The number of halogens is 2. The minimum Gasteiger partial charge on any atom is -0.497 e. The second-order valence-electron chi connectivity index (χ2n) is 4.42. The van der Waals surface area contributed by atoms with Crippen LogP contribution in [-0.4, -0.2) is 24.2 Å². The quantitative estimate of drug-likeness (QED) is 0.763. The van der Waals surface area contributed by atoms with E-state index in [1.54, 1.807) is 32.4 Å².